The fourth-order valence-electron chi connectivity index (χ4n) is 2.86. The molecule has 1 aromatic carbocycles. The molecule has 0 radical (unpaired) electrons. The van der Waals surface area contributed by atoms with Crippen LogP contribution in [0.5, 0.6) is 0 Å². The highest BCUT2D eigenvalue weighted by Crippen LogP contribution is 2.22. The largest absolute Gasteiger partial charge is 0.462 e. The first kappa shape index (κ1) is 17.7. The van der Waals surface area contributed by atoms with Crippen LogP contribution in [0.2, 0.25) is 0 Å². The van der Waals surface area contributed by atoms with Gasteiger partial charge in [-0.3, -0.25) is 15.1 Å². The van der Waals surface area contributed by atoms with Crippen molar-refractivity contribution in [1.82, 2.24) is 4.57 Å². The molecule has 0 N–H and O–H groups in total. The molecule has 0 unspecified atom stereocenters. The first-order chi connectivity index (χ1) is 11.5. The van der Waals surface area contributed by atoms with Crippen LogP contribution in [-0.4, -0.2) is 28.6 Å². The molecule has 0 aliphatic carbocycles. The molecule has 7 heteroatoms. The fraction of sp³-hybridized carbons (Fsp3) is 0.412. The summed E-state index contributed by atoms with van der Waals surface area (Å²) in [6.07, 6.45) is 0. The maximum atomic E-state index is 12.5. The van der Waals surface area contributed by atoms with Gasteiger partial charge in [0.25, 0.3) is 5.69 Å². The molecule has 24 heavy (non-hydrogen) atoms. The maximum Gasteiger partial charge on any atom is 0.342 e. The van der Waals surface area contributed by atoms with Gasteiger partial charge in [0.2, 0.25) is 0 Å². The second kappa shape index (κ2) is 7.25. The number of esters is 1. The predicted molar refractivity (Wildman–Crippen MR) is 91.1 cm³/mol. The normalized spacial score (nSPS) is 11.8. The van der Waals surface area contributed by atoms with Crippen LogP contribution in [0, 0.1) is 17.0 Å². The number of fused-ring (bicyclic) bond motifs is 1. The average Bonchev–Trinajstić information content (AvgIpc) is 2.55. The van der Waals surface area contributed by atoms with E-state index in [0.29, 0.717) is 29.4 Å². The van der Waals surface area contributed by atoms with Gasteiger partial charge in [0.05, 0.1) is 22.4 Å². The Hall–Kier alpha value is -2.70. The number of nitrogens with zero attached hydrogens (tertiary/aromatic N) is 3. The van der Waals surface area contributed by atoms with Crippen molar-refractivity contribution in [3.63, 3.8) is 0 Å². The summed E-state index contributed by atoms with van der Waals surface area (Å²) < 4.78 is 7.12. The second-order valence-corrected chi connectivity index (χ2v) is 5.21. The van der Waals surface area contributed by atoms with Gasteiger partial charge >= 0.3 is 5.97 Å². The number of non-ortho nitro benzene ring substituents is 1. The van der Waals surface area contributed by atoms with Gasteiger partial charge in [-0.2, -0.15) is 0 Å². The Morgan fingerprint density at radius 3 is 2.58 bits per heavy atom. The van der Waals surface area contributed by atoms with E-state index in [1.165, 1.54) is 12.1 Å². The highest BCUT2D eigenvalue weighted by atomic mass is 16.6. The molecular formula is C17H21N3O4. The molecule has 0 aliphatic rings. The smallest absolute Gasteiger partial charge is 0.342 e. The quantitative estimate of drug-likeness (QED) is 0.479. The number of rotatable bonds is 5. The molecule has 128 valence electrons. The summed E-state index contributed by atoms with van der Waals surface area (Å²) in [5.41, 5.74) is 1.88. The Balaban J connectivity index is 3.01. The van der Waals surface area contributed by atoms with E-state index < -0.39 is 10.9 Å². The van der Waals surface area contributed by atoms with Crippen LogP contribution in [0.25, 0.3) is 10.9 Å². The van der Waals surface area contributed by atoms with Gasteiger partial charge in [0.15, 0.2) is 0 Å². The summed E-state index contributed by atoms with van der Waals surface area (Å²) >= 11 is 0. The predicted octanol–water partition coefficient (Wildman–Crippen LogP) is 2.98. The number of hydrogen-bond donors (Lipinski definition) is 0. The molecule has 7 nitrogen and oxygen atoms in total. The van der Waals surface area contributed by atoms with E-state index >= 15 is 0 Å². The van der Waals surface area contributed by atoms with Gasteiger partial charge in [-0.05, 0) is 33.8 Å². The Morgan fingerprint density at radius 1 is 1.33 bits per heavy atom. The molecule has 0 spiro atoms. The number of benzene rings is 1. The first-order valence-corrected chi connectivity index (χ1v) is 7.95. The molecule has 0 saturated carbocycles. The van der Waals surface area contributed by atoms with Gasteiger partial charge in [-0.25, -0.2) is 4.79 Å². The monoisotopic (exact) mass is 331 g/mol. The third kappa shape index (κ3) is 3.02. The summed E-state index contributed by atoms with van der Waals surface area (Å²) in [6.45, 7) is 8.73. The minimum atomic E-state index is -0.460. The summed E-state index contributed by atoms with van der Waals surface area (Å²) in [4.78, 5) is 27.6. The van der Waals surface area contributed by atoms with Gasteiger partial charge in [-0.1, -0.05) is 0 Å². The lowest BCUT2D eigenvalue weighted by molar-refractivity contribution is -0.384. The van der Waals surface area contributed by atoms with Crippen molar-refractivity contribution < 1.29 is 14.5 Å². The number of ether oxygens (including phenoxy) is 1. The van der Waals surface area contributed by atoms with Crippen molar-refractivity contribution in [2.45, 2.75) is 34.2 Å². The Morgan fingerprint density at radius 2 is 2.04 bits per heavy atom. The van der Waals surface area contributed by atoms with E-state index in [0.717, 1.165) is 11.2 Å². The maximum absolute atomic E-state index is 12.5. The van der Waals surface area contributed by atoms with Gasteiger partial charge < -0.3 is 9.30 Å². The number of pyridine rings is 1. The zero-order valence-corrected chi connectivity index (χ0v) is 14.3. The molecule has 0 aliphatic heterocycles. The van der Waals surface area contributed by atoms with Crippen molar-refractivity contribution in [3.05, 3.63) is 44.9 Å². The van der Waals surface area contributed by atoms with Crippen molar-refractivity contribution in [2.24, 2.45) is 4.99 Å². The van der Waals surface area contributed by atoms with Crippen LogP contribution in [-0.2, 0) is 11.3 Å². The zero-order valence-electron chi connectivity index (χ0n) is 14.3. The van der Waals surface area contributed by atoms with Crippen LogP contribution < -0.4 is 5.36 Å². The minimum Gasteiger partial charge on any atom is -0.462 e. The average molecular weight is 331 g/mol. The van der Waals surface area contributed by atoms with E-state index in [1.54, 1.807) is 13.0 Å². The third-order valence-electron chi connectivity index (χ3n) is 3.85. The number of carbonyl (C=O) groups excluding carboxylic acids is 1. The van der Waals surface area contributed by atoms with E-state index in [-0.39, 0.29) is 12.3 Å². The van der Waals surface area contributed by atoms with Crippen LogP contribution in [0.3, 0.4) is 0 Å². The number of hydrogen-bond acceptors (Lipinski definition) is 5. The van der Waals surface area contributed by atoms with E-state index in [9.17, 15) is 14.9 Å². The third-order valence-corrected chi connectivity index (χ3v) is 3.85. The molecular weight excluding hydrogens is 310 g/mol. The summed E-state index contributed by atoms with van der Waals surface area (Å²) in [5.74, 6) is -0.460. The molecule has 0 atom stereocenters. The SMILES string of the molecule is CCN=c1c(C(=O)OCC)c(C)n(CC)c2ccc([N+](=O)[O-])cc12. The van der Waals surface area contributed by atoms with Crippen molar-refractivity contribution in [1.29, 1.82) is 0 Å². The van der Waals surface area contributed by atoms with Crippen LogP contribution in [0.15, 0.2) is 23.2 Å². The molecule has 1 aromatic heterocycles. The molecule has 0 saturated heterocycles. The summed E-state index contributed by atoms with van der Waals surface area (Å²) in [7, 11) is 0. The van der Waals surface area contributed by atoms with Crippen molar-refractivity contribution >= 4 is 22.6 Å². The molecule has 0 amide bonds. The van der Waals surface area contributed by atoms with E-state index in [1.807, 2.05) is 25.3 Å². The second-order valence-electron chi connectivity index (χ2n) is 5.21. The minimum absolute atomic E-state index is 0.0311. The lowest BCUT2D eigenvalue weighted by Gasteiger charge is -2.17. The molecule has 1 heterocycles. The first-order valence-electron chi connectivity index (χ1n) is 7.95. The van der Waals surface area contributed by atoms with E-state index in [4.69, 9.17) is 4.74 Å². The van der Waals surface area contributed by atoms with Crippen molar-refractivity contribution in [3.8, 4) is 0 Å². The van der Waals surface area contributed by atoms with Gasteiger partial charge in [0, 0.05) is 36.3 Å². The zero-order chi connectivity index (χ0) is 17.9. The van der Waals surface area contributed by atoms with Crippen molar-refractivity contribution in [2.75, 3.05) is 13.2 Å². The van der Waals surface area contributed by atoms with E-state index in [2.05, 4.69) is 4.99 Å². The number of aromatic nitrogens is 1. The summed E-state index contributed by atoms with van der Waals surface area (Å²) in [6, 6.07) is 4.64. The molecule has 0 bridgehead atoms. The standard InChI is InChI=1S/C17H21N3O4/c1-5-18-16-13-10-12(20(22)23)8-9-14(13)19(6-2)11(4)15(16)17(21)24-7-3/h8-10H,5-7H2,1-4H3. The number of aryl methyl sites for hydroxylation is 1. The highest BCUT2D eigenvalue weighted by molar-refractivity contribution is 5.95. The lowest BCUT2D eigenvalue weighted by atomic mass is 10.1. The van der Waals surface area contributed by atoms with Gasteiger partial charge in [0.1, 0.15) is 5.56 Å². The van der Waals surface area contributed by atoms with Gasteiger partial charge in [-0.15, -0.1) is 0 Å². The number of carbonyl (C=O) groups is 1. The lowest BCUT2D eigenvalue weighted by Crippen LogP contribution is -2.25. The van der Waals surface area contributed by atoms with Crippen LogP contribution in [0.4, 0.5) is 5.69 Å². The number of nitro groups is 1. The topological polar surface area (TPSA) is 86.7 Å². The Bertz CT molecular complexity index is 868. The van der Waals surface area contributed by atoms with Crippen LogP contribution >= 0.6 is 0 Å². The Kier molecular flexibility index (Phi) is 5.33. The highest BCUT2D eigenvalue weighted by Gasteiger charge is 2.20. The molecule has 2 aromatic rings. The molecule has 2 rings (SSSR count). The summed E-state index contributed by atoms with van der Waals surface area (Å²) in [5, 5.41) is 12.2. The Labute approximate surface area is 139 Å². The fourth-order valence-corrected chi connectivity index (χ4v) is 2.86. The molecule has 0 fully saturated rings. The number of nitro benzene ring substituents is 1. The van der Waals surface area contributed by atoms with Crippen LogP contribution in [0.1, 0.15) is 36.8 Å².